The van der Waals surface area contributed by atoms with Crippen molar-refractivity contribution in [3.05, 3.63) is 47.3 Å². The van der Waals surface area contributed by atoms with Crippen LogP contribution in [0.2, 0.25) is 0 Å². The lowest BCUT2D eigenvalue weighted by atomic mass is 9.67. The Morgan fingerprint density at radius 3 is 2.19 bits per heavy atom. The van der Waals surface area contributed by atoms with Gasteiger partial charge in [0, 0.05) is 19.3 Å². The Labute approximate surface area is 151 Å². The Kier molecular flexibility index (Phi) is 4.73. The van der Waals surface area contributed by atoms with Crippen molar-refractivity contribution in [3.8, 4) is 0 Å². The van der Waals surface area contributed by atoms with Crippen LogP contribution in [-0.4, -0.2) is 27.2 Å². The molecule has 1 saturated heterocycles. The first-order valence-corrected chi connectivity index (χ1v) is 8.29. The third kappa shape index (κ3) is 3.67. The number of halogens is 6. The normalized spacial score (nSPS) is 27.0. The Morgan fingerprint density at radius 2 is 1.70 bits per heavy atom. The van der Waals surface area contributed by atoms with Crippen molar-refractivity contribution in [2.24, 2.45) is 7.05 Å². The van der Waals surface area contributed by atoms with Gasteiger partial charge in [-0.2, -0.15) is 26.3 Å². The molecule has 0 radical (unpaired) electrons. The largest absolute Gasteiger partial charge is 0.416 e. The van der Waals surface area contributed by atoms with Gasteiger partial charge in [-0.1, -0.05) is 17.3 Å². The van der Waals surface area contributed by atoms with Crippen LogP contribution in [-0.2, 0) is 18.6 Å². The Hall–Kier alpha value is -2.10. The smallest absolute Gasteiger partial charge is 0.306 e. The summed E-state index contributed by atoms with van der Waals surface area (Å²) in [5, 5.41) is 10.7. The van der Waals surface area contributed by atoms with E-state index in [0.29, 0.717) is 17.8 Å². The predicted octanol–water partition coefficient (Wildman–Crippen LogP) is 4.15. The van der Waals surface area contributed by atoms with E-state index < -0.39 is 35.4 Å². The van der Waals surface area contributed by atoms with E-state index in [2.05, 4.69) is 15.6 Å². The van der Waals surface area contributed by atoms with Gasteiger partial charge in [0.05, 0.1) is 22.7 Å². The van der Waals surface area contributed by atoms with Gasteiger partial charge in [0.1, 0.15) is 0 Å². The van der Waals surface area contributed by atoms with Gasteiger partial charge in [0.15, 0.2) is 0 Å². The molecule has 0 spiro atoms. The minimum absolute atomic E-state index is 0.176. The molecule has 2 heterocycles. The van der Waals surface area contributed by atoms with Gasteiger partial charge in [-0.3, -0.25) is 4.68 Å². The van der Waals surface area contributed by atoms with Gasteiger partial charge >= 0.3 is 12.4 Å². The summed E-state index contributed by atoms with van der Waals surface area (Å²) in [5.41, 5.74) is -3.06. The zero-order chi connectivity index (χ0) is 20.0. The lowest BCUT2D eigenvalue weighted by Gasteiger charge is -2.45. The standard InChI is InChI=1S/C17H18F6N4/c1-10-7-15(17(21,22)23,8-13(24-10)14-9-27(2)26-25-14)11-3-5-12(6-4-11)16(18,19)20/h3-6,9-10,13,24H,7-8H2,1-2H3/t10-,13-,15?/m0/s1. The summed E-state index contributed by atoms with van der Waals surface area (Å²) in [7, 11) is 1.61. The number of nitrogens with zero attached hydrogens (tertiary/aromatic N) is 3. The van der Waals surface area contributed by atoms with Crippen LogP contribution in [0.3, 0.4) is 0 Å². The number of piperidine rings is 1. The molecule has 4 nitrogen and oxygen atoms in total. The molecule has 0 amide bonds. The molecular formula is C17H18F6N4. The van der Waals surface area contributed by atoms with Crippen LogP contribution in [0.1, 0.15) is 42.6 Å². The molecule has 0 saturated carbocycles. The Morgan fingerprint density at radius 1 is 1.07 bits per heavy atom. The van der Waals surface area contributed by atoms with E-state index in [1.54, 1.807) is 14.0 Å². The zero-order valence-corrected chi connectivity index (χ0v) is 14.6. The highest BCUT2D eigenvalue weighted by Gasteiger charge is 2.59. The van der Waals surface area contributed by atoms with Crippen molar-refractivity contribution >= 4 is 0 Å². The van der Waals surface area contributed by atoms with E-state index in [9.17, 15) is 26.3 Å². The molecule has 2 aromatic rings. The van der Waals surface area contributed by atoms with Crippen LogP contribution in [0.5, 0.6) is 0 Å². The molecule has 1 aromatic heterocycles. The fourth-order valence-electron chi connectivity index (χ4n) is 3.74. The third-order valence-electron chi connectivity index (χ3n) is 4.98. The molecule has 1 aliphatic rings. The van der Waals surface area contributed by atoms with Crippen molar-refractivity contribution in [2.75, 3.05) is 0 Å². The highest BCUT2D eigenvalue weighted by molar-refractivity contribution is 5.34. The van der Waals surface area contributed by atoms with E-state index in [1.807, 2.05) is 0 Å². The highest BCUT2D eigenvalue weighted by Crippen LogP contribution is 2.52. The highest BCUT2D eigenvalue weighted by atomic mass is 19.4. The number of hydrogen-bond acceptors (Lipinski definition) is 3. The minimum atomic E-state index is -4.64. The SMILES string of the molecule is C[C@H]1CC(c2ccc(C(F)(F)F)cc2)(C(F)(F)F)C[C@@H](c2cn(C)nn2)N1. The summed E-state index contributed by atoms with van der Waals surface area (Å²) >= 11 is 0. The first-order chi connectivity index (χ1) is 12.4. The molecule has 1 aliphatic heterocycles. The fraction of sp³-hybridized carbons (Fsp3) is 0.529. The molecule has 0 bridgehead atoms. The van der Waals surface area contributed by atoms with Gasteiger partial charge in [0.2, 0.25) is 0 Å². The molecule has 1 fully saturated rings. The molecule has 3 rings (SSSR count). The van der Waals surface area contributed by atoms with E-state index >= 15 is 0 Å². The maximum atomic E-state index is 14.2. The van der Waals surface area contributed by atoms with Crippen molar-refractivity contribution in [2.45, 2.75) is 49.6 Å². The zero-order valence-electron chi connectivity index (χ0n) is 14.6. The molecule has 0 aliphatic carbocycles. The number of benzene rings is 1. The van der Waals surface area contributed by atoms with Crippen molar-refractivity contribution in [3.63, 3.8) is 0 Å². The van der Waals surface area contributed by atoms with E-state index in [-0.39, 0.29) is 18.4 Å². The Balaban J connectivity index is 2.04. The molecule has 1 N–H and O–H groups in total. The maximum Gasteiger partial charge on any atom is 0.416 e. The number of hydrogen-bond donors (Lipinski definition) is 1. The first kappa shape index (κ1) is 19.7. The topological polar surface area (TPSA) is 42.7 Å². The van der Waals surface area contributed by atoms with Crippen LogP contribution < -0.4 is 5.32 Å². The molecular weight excluding hydrogens is 374 g/mol. The molecule has 1 unspecified atom stereocenters. The summed E-state index contributed by atoms with van der Waals surface area (Å²) in [6.45, 7) is 1.62. The van der Waals surface area contributed by atoms with Crippen LogP contribution in [0, 0.1) is 0 Å². The number of aryl methyl sites for hydroxylation is 1. The lowest BCUT2D eigenvalue weighted by Crippen LogP contribution is -2.54. The van der Waals surface area contributed by atoms with E-state index in [1.165, 1.54) is 10.9 Å². The van der Waals surface area contributed by atoms with Crippen molar-refractivity contribution in [1.82, 2.24) is 20.3 Å². The van der Waals surface area contributed by atoms with Crippen LogP contribution >= 0.6 is 0 Å². The van der Waals surface area contributed by atoms with Crippen molar-refractivity contribution < 1.29 is 26.3 Å². The molecule has 3 atom stereocenters. The quantitative estimate of drug-likeness (QED) is 0.781. The second-order valence-corrected chi connectivity index (χ2v) is 7.00. The van der Waals surface area contributed by atoms with Gasteiger partial charge in [-0.05, 0) is 37.5 Å². The average Bonchev–Trinajstić information content (AvgIpc) is 2.99. The van der Waals surface area contributed by atoms with Gasteiger partial charge in [-0.25, -0.2) is 0 Å². The predicted molar refractivity (Wildman–Crippen MR) is 84.8 cm³/mol. The summed E-state index contributed by atoms with van der Waals surface area (Å²) in [4.78, 5) is 0. The van der Waals surface area contributed by atoms with Crippen LogP contribution in [0.15, 0.2) is 30.5 Å². The average molecular weight is 392 g/mol. The maximum absolute atomic E-state index is 14.2. The number of rotatable bonds is 2. The number of aromatic nitrogens is 3. The second kappa shape index (κ2) is 6.50. The van der Waals surface area contributed by atoms with Crippen LogP contribution in [0.4, 0.5) is 26.3 Å². The summed E-state index contributed by atoms with van der Waals surface area (Å²) < 4.78 is 82.3. The molecule has 1 aromatic carbocycles. The molecule has 10 heteroatoms. The second-order valence-electron chi connectivity index (χ2n) is 7.00. The number of alkyl halides is 6. The third-order valence-corrected chi connectivity index (χ3v) is 4.98. The molecule has 148 valence electrons. The lowest BCUT2D eigenvalue weighted by molar-refractivity contribution is -0.204. The summed E-state index contributed by atoms with van der Waals surface area (Å²) in [6, 6.07) is 2.03. The van der Waals surface area contributed by atoms with Crippen LogP contribution in [0.25, 0.3) is 0 Å². The summed E-state index contributed by atoms with van der Waals surface area (Å²) in [5.74, 6) is 0. The first-order valence-electron chi connectivity index (χ1n) is 8.29. The van der Waals surface area contributed by atoms with Gasteiger partial charge < -0.3 is 5.32 Å². The number of nitrogens with one attached hydrogen (secondary N) is 1. The van der Waals surface area contributed by atoms with E-state index in [0.717, 1.165) is 12.1 Å². The fourth-order valence-corrected chi connectivity index (χ4v) is 3.74. The van der Waals surface area contributed by atoms with Gasteiger partial charge in [-0.15, -0.1) is 5.10 Å². The Bertz CT molecular complexity index is 795. The monoisotopic (exact) mass is 392 g/mol. The summed E-state index contributed by atoms with van der Waals surface area (Å²) in [6.07, 6.45) is -8.36. The van der Waals surface area contributed by atoms with Gasteiger partial charge in [0.25, 0.3) is 0 Å². The minimum Gasteiger partial charge on any atom is -0.306 e. The molecule has 27 heavy (non-hydrogen) atoms. The van der Waals surface area contributed by atoms with E-state index in [4.69, 9.17) is 0 Å². The van der Waals surface area contributed by atoms with Crippen molar-refractivity contribution in [1.29, 1.82) is 0 Å².